The second-order valence-corrected chi connectivity index (χ2v) is 8.54. The first-order valence-corrected chi connectivity index (χ1v) is 10.3. The Morgan fingerprint density at radius 1 is 1.18 bits per heavy atom. The predicted molar refractivity (Wildman–Crippen MR) is 108 cm³/mol. The number of amides is 1. The minimum atomic E-state index is -0.414. The Bertz CT molecular complexity index is 855. The second kappa shape index (κ2) is 7.53. The molecule has 28 heavy (non-hydrogen) atoms. The van der Waals surface area contributed by atoms with E-state index < -0.39 is 5.41 Å². The number of nitrogens with zero attached hydrogens (tertiary/aromatic N) is 3. The van der Waals surface area contributed by atoms with E-state index in [1.807, 2.05) is 23.2 Å². The van der Waals surface area contributed by atoms with Gasteiger partial charge in [0, 0.05) is 24.7 Å². The summed E-state index contributed by atoms with van der Waals surface area (Å²) in [4.78, 5) is 24.9. The van der Waals surface area contributed by atoms with Gasteiger partial charge in [-0.15, -0.1) is 0 Å². The van der Waals surface area contributed by atoms with Gasteiger partial charge in [-0.2, -0.15) is 0 Å². The standard InChI is InChI=1S/C23H29N3O2/c1-16(2)12-21-24-13-17-14-26(15-20(17)25-21)22(27)23(10-4-5-11-23)18-6-8-19(28-3)9-7-18/h6-9,13,16H,4-5,10-12,14-15H2,1-3H3. The molecule has 2 aromatic rings. The van der Waals surface area contributed by atoms with Crippen LogP contribution in [0.5, 0.6) is 5.75 Å². The van der Waals surface area contributed by atoms with E-state index in [1.165, 1.54) is 0 Å². The minimum absolute atomic E-state index is 0.235. The zero-order valence-corrected chi connectivity index (χ0v) is 17.1. The van der Waals surface area contributed by atoms with Crippen molar-refractivity contribution < 1.29 is 9.53 Å². The molecule has 4 rings (SSSR count). The van der Waals surface area contributed by atoms with Gasteiger partial charge in [0.25, 0.3) is 0 Å². The van der Waals surface area contributed by atoms with Crippen molar-refractivity contribution in [3.63, 3.8) is 0 Å². The van der Waals surface area contributed by atoms with E-state index in [4.69, 9.17) is 9.72 Å². The molecule has 2 heterocycles. The van der Waals surface area contributed by atoms with Crippen molar-refractivity contribution in [3.8, 4) is 5.75 Å². The molecule has 1 saturated carbocycles. The van der Waals surface area contributed by atoms with Gasteiger partial charge < -0.3 is 9.64 Å². The first-order valence-electron chi connectivity index (χ1n) is 10.3. The summed E-state index contributed by atoms with van der Waals surface area (Å²) in [6.45, 7) is 5.56. The number of carbonyl (C=O) groups is 1. The summed E-state index contributed by atoms with van der Waals surface area (Å²) in [5.41, 5.74) is 2.80. The van der Waals surface area contributed by atoms with Gasteiger partial charge in [-0.3, -0.25) is 4.79 Å². The Morgan fingerprint density at radius 2 is 1.89 bits per heavy atom. The number of methoxy groups -OCH3 is 1. The van der Waals surface area contributed by atoms with Crippen LogP contribution in [0.2, 0.25) is 0 Å². The fourth-order valence-electron chi connectivity index (χ4n) is 4.62. The smallest absolute Gasteiger partial charge is 0.233 e. The predicted octanol–water partition coefficient (Wildman–Crippen LogP) is 4.04. The van der Waals surface area contributed by atoms with Gasteiger partial charge in [-0.05, 0) is 36.5 Å². The highest BCUT2D eigenvalue weighted by Crippen LogP contribution is 2.44. The van der Waals surface area contributed by atoms with E-state index >= 15 is 0 Å². The van der Waals surface area contributed by atoms with Gasteiger partial charge in [0.05, 0.1) is 24.8 Å². The number of benzene rings is 1. The van der Waals surface area contributed by atoms with Crippen LogP contribution in [0.1, 0.15) is 62.2 Å². The monoisotopic (exact) mass is 379 g/mol. The molecule has 2 aliphatic rings. The van der Waals surface area contributed by atoms with Crippen LogP contribution in [0.15, 0.2) is 30.5 Å². The Hall–Kier alpha value is -2.43. The number of rotatable bonds is 5. The Balaban J connectivity index is 1.58. The van der Waals surface area contributed by atoms with Gasteiger partial charge in [0.15, 0.2) is 0 Å². The number of fused-ring (bicyclic) bond motifs is 1. The van der Waals surface area contributed by atoms with Crippen molar-refractivity contribution >= 4 is 5.91 Å². The number of hydrogen-bond acceptors (Lipinski definition) is 4. The van der Waals surface area contributed by atoms with Crippen LogP contribution in [0, 0.1) is 5.92 Å². The topological polar surface area (TPSA) is 55.3 Å². The summed E-state index contributed by atoms with van der Waals surface area (Å²) in [6, 6.07) is 8.05. The molecule has 5 heteroatoms. The molecule has 5 nitrogen and oxygen atoms in total. The van der Waals surface area contributed by atoms with Gasteiger partial charge in [-0.1, -0.05) is 38.8 Å². The molecule has 0 saturated heterocycles. The summed E-state index contributed by atoms with van der Waals surface area (Å²) in [5.74, 6) is 2.47. The van der Waals surface area contributed by atoms with Crippen molar-refractivity contribution in [3.05, 3.63) is 53.1 Å². The number of aromatic nitrogens is 2. The van der Waals surface area contributed by atoms with Crippen molar-refractivity contribution in [1.29, 1.82) is 0 Å². The lowest BCUT2D eigenvalue weighted by Crippen LogP contribution is -2.43. The van der Waals surface area contributed by atoms with Gasteiger partial charge in [-0.25, -0.2) is 9.97 Å². The fraction of sp³-hybridized carbons (Fsp3) is 0.522. The summed E-state index contributed by atoms with van der Waals surface area (Å²) >= 11 is 0. The van der Waals surface area contributed by atoms with Crippen LogP contribution in [0.3, 0.4) is 0 Å². The summed E-state index contributed by atoms with van der Waals surface area (Å²) in [5, 5.41) is 0. The summed E-state index contributed by atoms with van der Waals surface area (Å²) in [6.07, 6.45) is 6.80. The molecule has 0 atom stereocenters. The lowest BCUT2D eigenvalue weighted by molar-refractivity contribution is -0.138. The number of carbonyl (C=O) groups excluding carboxylic acids is 1. The molecule has 0 radical (unpaired) electrons. The molecule has 1 aliphatic carbocycles. The van der Waals surface area contributed by atoms with Crippen LogP contribution < -0.4 is 4.74 Å². The van der Waals surface area contributed by atoms with Crippen molar-refractivity contribution in [2.75, 3.05) is 7.11 Å². The molecule has 0 unspecified atom stereocenters. The molecule has 1 amide bonds. The number of ether oxygens (including phenoxy) is 1. The maximum atomic E-state index is 13.7. The molecular formula is C23H29N3O2. The van der Waals surface area contributed by atoms with Crippen LogP contribution in [-0.2, 0) is 29.7 Å². The van der Waals surface area contributed by atoms with Gasteiger partial charge in [0.2, 0.25) is 5.91 Å². The van der Waals surface area contributed by atoms with E-state index in [9.17, 15) is 4.79 Å². The van der Waals surface area contributed by atoms with Gasteiger partial charge in [0.1, 0.15) is 11.6 Å². The van der Waals surface area contributed by atoms with E-state index in [1.54, 1.807) is 7.11 Å². The third-order valence-electron chi connectivity index (χ3n) is 6.09. The third kappa shape index (κ3) is 3.38. The second-order valence-electron chi connectivity index (χ2n) is 8.54. The lowest BCUT2D eigenvalue weighted by Gasteiger charge is -2.32. The minimum Gasteiger partial charge on any atom is -0.497 e. The third-order valence-corrected chi connectivity index (χ3v) is 6.09. The molecule has 0 spiro atoms. The van der Waals surface area contributed by atoms with Crippen molar-refractivity contribution in [1.82, 2.24) is 14.9 Å². The molecule has 0 N–H and O–H groups in total. The van der Waals surface area contributed by atoms with E-state index in [2.05, 4.69) is 31.0 Å². The van der Waals surface area contributed by atoms with E-state index in [0.717, 1.165) is 60.5 Å². The first-order chi connectivity index (χ1) is 13.5. The molecule has 1 aromatic carbocycles. The molecule has 1 aliphatic heterocycles. The molecule has 1 fully saturated rings. The van der Waals surface area contributed by atoms with E-state index in [0.29, 0.717) is 19.0 Å². The zero-order valence-electron chi connectivity index (χ0n) is 17.1. The Kier molecular flexibility index (Phi) is 5.09. The Morgan fingerprint density at radius 3 is 2.54 bits per heavy atom. The van der Waals surface area contributed by atoms with Gasteiger partial charge >= 0.3 is 0 Å². The normalized spacial score (nSPS) is 17.8. The highest BCUT2D eigenvalue weighted by Gasteiger charge is 2.46. The van der Waals surface area contributed by atoms with Crippen LogP contribution >= 0.6 is 0 Å². The highest BCUT2D eigenvalue weighted by atomic mass is 16.5. The lowest BCUT2D eigenvalue weighted by atomic mass is 9.77. The molecule has 1 aromatic heterocycles. The van der Waals surface area contributed by atoms with Crippen LogP contribution in [0.25, 0.3) is 0 Å². The fourth-order valence-corrected chi connectivity index (χ4v) is 4.62. The maximum absolute atomic E-state index is 13.7. The zero-order chi connectivity index (χ0) is 19.7. The molecule has 0 bridgehead atoms. The first kappa shape index (κ1) is 18.9. The van der Waals surface area contributed by atoms with E-state index in [-0.39, 0.29) is 5.91 Å². The van der Waals surface area contributed by atoms with Crippen molar-refractivity contribution in [2.24, 2.45) is 5.92 Å². The average molecular weight is 380 g/mol. The summed E-state index contributed by atoms with van der Waals surface area (Å²) < 4.78 is 5.30. The molecule has 148 valence electrons. The van der Waals surface area contributed by atoms with Crippen LogP contribution in [0.4, 0.5) is 0 Å². The summed E-state index contributed by atoms with van der Waals surface area (Å²) in [7, 11) is 1.67. The largest absolute Gasteiger partial charge is 0.497 e. The highest BCUT2D eigenvalue weighted by molar-refractivity contribution is 5.89. The average Bonchev–Trinajstić information content (AvgIpc) is 3.34. The Labute approximate surface area is 167 Å². The number of hydrogen-bond donors (Lipinski definition) is 0. The SMILES string of the molecule is COc1ccc(C2(C(=O)N3Cc4cnc(CC(C)C)nc4C3)CCCC2)cc1. The molecular weight excluding hydrogens is 350 g/mol. The van der Waals surface area contributed by atoms with Crippen molar-refractivity contribution in [2.45, 2.75) is 64.5 Å². The quantitative estimate of drug-likeness (QED) is 0.787. The van der Waals surface area contributed by atoms with Crippen LogP contribution in [-0.4, -0.2) is 27.9 Å². The maximum Gasteiger partial charge on any atom is 0.233 e.